The highest BCUT2D eigenvalue weighted by Gasteiger charge is 2.35. The number of ether oxygens (including phenoxy) is 1. The van der Waals surface area contributed by atoms with Crippen molar-refractivity contribution < 1.29 is 13.2 Å². The van der Waals surface area contributed by atoms with Crippen LogP contribution in [0.2, 0.25) is 0 Å². The van der Waals surface area contributed by atoms with Crippen LogP contribution in [0.3, 0.4) is 0 Å². The average molecular weight is 364 g/mol. The van der Waals surface area contributed by atoms with Crippen LogP contribution < -0.4 is 5.32 Å². The highest BCUT2D eigenvalue weighted by molar-refractivity contribution is 7.89. The van der Waals surface area contributed by atoms with Gasteiger partial charge in [0.15, 0.2) is 0 Å². The number of aromatic nitrogens is 1. The van der Waals surface area contributed by atoms with Crippen LogP contribution in [0.15, 0.2) is 12.1 Å². The Morgan fingerprint density at radius 3 is 2.56 bits per heavy atom. The van der Waals surface area contributed by atoms with Gasteiger partial charge in [0.1, 0.15) is 17.6 Å². The minimum Gasteiger partial charge on any atom is -0.381 e. The molecule has 1 aromatic rings. The van der Waals surface area contributed by atoms with E-state index in [1.54, 1.807) is 4.31 Å². The summed E-state index contributed by atoms with van der Waals surface area (Å²) >= 11 is 0. The lowest BCUT2D eigenvalue weighted by atomic mass is 10.1. The lowest BCUT2D eigenvalue weighted by Gasteiger charge is -2.35. The predicted octanol–water partition coefficient (Wildman–Crippen LogP) is 1.65. The molecule has 25 heavy (non-hydrogen) atoms. The SMILES string of the molecule is Cc1ccc(NC2CCN(S(=O)(=O)C3CCOCC3)CC2)nc1C#N. The van der Waals surface area contributed by atoms with Gasteiger partial charge in [0.05, 0.1) is 5.25 Å². The standard InChI is InChI=1S/C17H24N4O3S/c1-13-2-3-17(20-16(13)12-18)19-14-4-8-21(9-5-14)25(22,23)15-6-10-24-11-7-15/h2-3,14-15H,4-11H2,1H3,(H,19,20). The van der Waals surface area contributed by atoms with Crippen LogP contribution >= 0.6 is 0 Å². The van der Waals surface area contributed by atoms with E-state index in [0.717, 1.165) is 18.4 Å². The van der Waals surface area contributed by atoms with Crippen molar-refractivity contribution in [2.45, 2.75) is 43.9 Å². The van der Waals surface area contributed by atoms with Gasteiger partial charge in [-0.2, -0.15) is 5.26 Å². The third-order valence-corrected chi connectivity index (χ3v) is 7.36. The molecule has 0 bridgehead atoms. The van der Waals surface area contributed by atoms with Crippen molar-refractivity contribution in [2.24, 2.45) is 0 Å². The second-order valence-electron chi connectivity index (χ2n) is 6.65. The fraction of sp³-hybridized carbons (Fsp3) is 0.647. The summed E-state index contributed by atoms with van der Waals surface area (Å²) in [4.78, 5) is 4.31. The summed E-state index contributed by atoms with van der Waals surface area (Å²) in [7, 11) is -3.23. The molecule has 136 valence electrons. The summed E-state index contributed by atoms with van der Waals surface area (Å²) in [6.45, 7) is 3.96. The van der Waals surface area contributed by atoms with Gasteiger partial charge in [-0.1, -0.05) is 6.07 Å². The number of sulfonamides is 1. The van der Waals surface area contributed by atoms with Crippen LogP contribution in [0.5, 0.6) is 0 Å². The Bertz CT molecular complexity index is 746. The average Bonchev–Trinajstić information content (AvgIpc) is 2.64. The number of nitriles is 1. The molecule has 0 radical (unpaired) electrons. The molecule has 0 spiro atoms. The zero-order valence-electron chi connectivity index (χ0n) is 14.4. The quantitative estimate of drug-likeness (QED) is 0.873. The normalized spacial score (nSPS) is 21.0. The molecule has 0 aliphatic carbocycles. The molecule has 1 aromatic heterocycles. The van der Waals surface area contributed by atoms with Gasteiger partial charge in [-0.3, -0.25) is 0 Å². The third-order valence-electron chi connectivity index (χ3n) is 4.96. The fourth-order valence-corrected chi connectivity index (χ4v) is 5.30. The highest BCUT2D eigenvalue weighted by Crippen LogP contribution is 2.24. The first kappa shape index (κ1) is 18.1. The van der Waals surface area contributed by atoms with Crippen molar-refractivity contribution in [1.82, 2.24) is 9.29 Å². The summed E-state index contributed by atoms with van der Waals surface area (Å²) in [6.07, 6.45) is 2.65. The van der Waals surface area contributed by atoms with E-state index in [1.807, 2.05) is 19.1 Å². The van der Waals surface area contributed by atoms with Gasteiger partial charge >= 0.3 is 0 Å². The predicted molar refractivity (Wildman–Crippen MR) is 94.7 cm³/mol. The Balaban J connectivity index is 1.57. The Labute approximate surface area is 149 Å². The third kappa shape index (κ3) is 4.11. The molecule has 0 unspecified atom stereocenters. The smallest absolute Gasteiger partial charge is 0.217 e. The van der Waals surface area contributed by atoms with Gasteiger partial charge in [0.2, 0.25) is 10.0 Å². The fourth-order valence-electron chi connectivity index (χ4n) is 3.37. The van der Waals surface area contributed by atoms with E-state index in [2.05, 4.69) is 16.4 Å². The Morgan fingerprint density at radius 2 is 1.92 bits per heavy atom. The van der Waals surface area contributed by atoms with Gasteiger partial charge in [-0.15, -0.1) is 0 Å². The molecule has 3 heterocycles. The van der Waals surface area contributed by atoms with E-state index in [0.29, 0.717) is 50.7 Å². The van der Waals surface area contributed by atoms with Crippen LogP contribution in [0, 0.1) is 18.3 Å². The Hall–Kier alpha value is -1.69. The number of nitrogens with one attached hydrogen (secondary N) is 1. The van der Waals surface area contributed by atoms with E-state index >= 15 is 0 Å². The monoisotopic (exact) mass is 364 g/mol. The maximum absolute atomic E-state index is 12.7. The van der Waals surface area contributed by atoms with Crippen molar-refractivity contribution in [1.29, 1.82) is 5.26 Å². The van der Waals surface area contributed by atoms with Gasteiger partial charge in [-0.25, -0.2) is 17.7 Å². The molecular formula is C17H24N4O3S. The number of aryl methyl sites for hydroxylation is 1. The molecule has 2 aliphatic rings. The zero-order valence-corrected chi connectivity index (χ0v) is 15.3. The molecule has 2 saturated heterocycles. The Morgan fingerprint density at radius 1 is 1.24 bits per heavy atom. The minimum absolute atomic E-state index is 0.169. The largest absolute Gasteiger partial charge is 0.381 e. The molecule has 3 rings (SSSR count). The van der Waals surface area contributed by atoms with Crippen LogP contribution in [-0.2, 0) is 14.8 Å². The van der Waals surface area contributed by atoms with Crippen molar-refractivity contribution >= 4 is 15.8 Å². The van der Waals surface area contributed by atoms with Crippen molar-refractivity contribution in [2.75, 3.05) is 31.6 Å². The minimum atomic E-state index is -3.23. The first-order chi connectivity index (χ1) is 12.0. The number of pyridine rings is 1. The number of nitrogens with zero attached hydrogens (tertiary/aromatic N) is 3. The first-order valence-corrected chi connectivity index (χ1v) is 10.2. The van der Waals surface area contributed by atoms with E-state index in [1.165, 1.54) is 0 Å². The van der Waals surface area contributed by atoms with Crippen LogP contribution in [-0.4, -0.2) is 55.3 Å². The second kappa shape index (κ2) is 7.68. The van der Waals surface area contributed by atoms with Gasteiger partial charge in [0.25, 0.3) is 0 Å². The molecule has 2 fully saturated rings. The molecule has 0 aromatic carbocycles. The summed E-state index contributed by atoms with van der Waals surface area (Å²) in [5.74, 6) is 0.674. The molecule has 0 atom stereocenters. The van der Waals surface area contributed by atoms with E-state index in [9.17, 15) is 8.42 Å². The summed E-state index contributed by atoms with van der Waals surface area (Å²) in [5, 5.41) is 12.1. The number of anilines is 1. The van der Waals surface area contributed by atoms with Crippen LogP contribution in [0.1, 0.15) is 36.9 Å². The molecular weight excluding hydrogens is 340 g/mol. The summed E-state index contributed by atoms with van der Waals surface area (Å²) in [6, 6.07) is 5.99. The van der Waals surface area contributed by atoms with E-state index < -0.39 is 10.0 Å². The second-order valence-corrected chi connectivity index (χ2v) is 8.86. The van der Waals surface area contributed by atoms with Gasteiger partial charge in [-0.05, 0) is 44.2 Å². The molecule has 7 nitrogen and oxygen atoms in total. The van der Waals surface area contributed by atoms with Crippen molar-refractivity contribution in [3.05, 3.63) is 23.4 Å². The van der Waals surface area contributed by atoms with E-state index in [4.69, 9.17) is 10.00 Å². The van der Waals surface area contributed by atoms with Crippen LogP contribution in [0.4, 0.5) is 5.82 Å². The lowest BCUT2D eigenvalue weighted by Crippen LogP contribution is -2.47. The molecule has 0 amide bonds. The lowest BCUT2D eigenvalue weighted by molar-refractivity contribution is 0.0969. The van der Waals surface area contributed by atoms with Gasteiger partial charge in [0, 0.05) is 32.3 Å². The van der Waals surface area contributed by atoms with E-state index in [-0.39, 0.29) is 11.3 Å². The number of hydrogen-bond donors (Lipinski definition) is 1. The Kier molecular flexibility index (Phi) is 5.57. The first-order valence-electron chi connectivity index (χ1n) is 8.71. The number of rotatable bonds is 4. The number of piperidine rings is 1. The maximum atomic E-state index is 12.7. The van der Waals surface area contributed by atoms with Crippen molar-refractivity contribution in [3.63, 3.8) is 0 Å². The molecule has 0 saturated carbocycles. The zero-order chi connectivity index (χ0) is 17.9. The molecule has 2 aliphatic heterocycles. The topological polar surface area (TPSA) is 95.3 Å². The number of hydrogen-bond acceptors (Lipinski definition) is 6. The summed E-state index contributed by atoms with van der Waals surface area (Å²) < 4.78 is 32.4. The highest BCUT2D eigenvalue weighted by atomic mass is 32.2. The van der Waals surface area contributed by atoms with Crippen molar-refractivity contribution in [3.8, 4) is 6.07 Å². The van der Waals surface area contributed by atoms with Crippen LogP contribution in [0.25, 0.3) is 0 Å². The van der Waals surface area contributed by atoms with Gasteiger partial charge < -0.3 is 10.1 Å². The summed E-state index contributed by atoms with van der Waals surface area (Å²) in [5.41, 5.74) is 1.27. The maximum Gasteiger partial charge on any atom is 0.217 e. The molecule has 8 heteroatoms. The molecule has 1 N–H and O–H groups in total.